The third kappa shape index (κ3) is 13.6. The minimum absolute atomic E-state index is 0.309. The molecule has 2 aliphatic rings. The summed E-state index contributed by atoms with van der Waals surface area (Å²) in [6, 6.07) is 17.2. The monoisotopic (exact) mass is 618 g/mol. The molecule has 0 radical (unpaired) electrons. The van der Waals surface area contributed by atoms with Crippen molar-refractivity contribution < 1.29 is 50.9 Å². The third-order valence-corrected chi connectivity index (χ3v) is 7.11. The number of piperidine rings is 1. The number of carboxylic acids is 2. The fourth-order valence-corrected chi connectivity index (χ4v) is 4.82. The van der Waals surface area contributed by atoms with E-state index < -0.39 is 24.3 Å². The number of halogens is 6. The van der Waals surface area contributed by atoms with E-state index in [1.807, 2.05) is 6.07 Å². The van der Waals surface area contributed by atoms with E-state index in [1.165, 1.54) is 49.0 Å². The number of carbonyl (C=O) groups excluding carboxylic acids is 1. The summed E-state index contributed by atoms with van der Waals surface area (Å²) in [6.07, 6.45) is -2.65. The van der Waals surface area contributed by atoms with Gasteiger partial charge in [-0.15, -0.1) is 0 Å². The molecule has 7 nitrogen and oxygen atoms in total. The number of nitrogens with zero attached hydrogens (tertiary/aromatic N) is 1. The van der Waals surface area contributed by atoms with Crippen LogP contribution < -0.4 is 5.32 Å². The Balaban J connectivity index is 0.000000384. The Bertz CT molecular complexity index is 1160. The van der Waals surface area contributed by atoms with Gasteiger partial charge in [0.2, 0.25) is 0 Å². The van der Waals surface area contributed by atoms with Crippen LogP contribution in [0.5, 0.6) is 0 Å². The minimum Gasteiger partial charge on any atom is -0.475 e. The van der Waals surface area contributed by atoms with Crippen molar-refractivity contribution in [2.24, 2.45) is 5.92 Å². The second-order valence-corrected chi connectivity index (χ2v) is 10.3. The molecule has 0 aliphatic carbocycles. The van der Waals surface area contributed by atoms with E-state index in [0.29, 0.717) is 12.2 Å². The molecule has 2 aromatic rings. The van der Waals surface area contributed by atoms with Crippen LogP contribution in [0, 0.1) is 5.92 Å². The number of rotatable bonds is 7. The molecule has 0 amide bonds. The first-order chi connectivity index (χ1) is 20.2. The van der Waals surface area contributed by atoms with Gasteiger partial charge >= 0.3 is 24.3 Å². The molecule has 1 fully saturated rings. The van der Waals surface area contributed by atoms with Gasteiger partial charge in [0, 0.05) is 12.0 Å². The smallest absolute Gasteiger partial charge is 0.475 e. The van der Waals surface area contributed by atoms with E-state index >= 15 is 0 Å². The molecular weight excluding hydrogens is 582 g/mol. The number of fused-ring (bicyclic) bond motifs is 1. The van der Waals surface area contributed by atoms with Crippen LogP contribution >= 0.6 is 0 Å². The van der Waals surface area contributed by atoms with Gasteiger partial charge < -0.3 is 20.4 Å². The average molecular weight is 619 g/mol. The zero-order valence-electron chi connectivity index (χ0n) is 23.5. The van der Waals surface area contributed by atoms with Crippen molar-refractivity contribution in [1.82, 2.24) is 10.2 Å². The number of nitrogens with one attached hydrogen (secondary N) is 1. The zero-order valence-corrected chi connectivity index (χ0v) is 23.5. The van der Waals surface area contributed by atoms with Gasteiger partial charge in [0.15, 0.2) is 5.78 Å². The molecule has 238 valence electrons. The summed E-state index contributed by atoms with van der Waals surface area (Å²) in [5, 5.41) is 17.7. The van der Waals surface area contributed by atoms with Crippen LogP contribution in [0.25, 0.3) is 0 Å². The molecule has 43 heavy (non-hydrogen) atoms. The predicted octanol–water partition coefficient (Wildman–Crippen LogP) is 5.56. The Kier molecular flexibility index (Phi) is 14.1. The molecule has 0 spiro atoms. The number of carboxylic acid groups (broad SMARTS) is 2. The summed E-state index contributed by atoms with van der Waals surface area (Å²) in [6.45, 7) is 5.47. The lowest BCUT2D eigenvalue weighted by Gasteiger charge is -2.32. The Morgan fingerprint density at radius 2 is 1.35 bits per heavy atom. The van der Waals surface area contributed by atoms with Crippen molar-refractivity contribution in [2.45, 2.75) is 57.3 Å². The van der Waals surface area contributed by atoms with Crippen molar-refractivity contribution in [3.8, 4) is 0 Å². The highest BCUT2D eigenvalue weighted by molar-refractivity contribution is 5.96. The van der Waals surface area contributed by atoms with Crippen LogP contribution in [0.3, 0.4) is 0 Å². The predicted molar refractivity (Wildman–Crippen MR) is 147 cm³/mol. The second kappa shape index (κ2) is 17.0. The largest absolute Gasteiger partial charge is 0.490 e. The first-order valence-electron chi connectivity index (χ1n) is 13.9. The van der Waals surface area contributed by atoms with Crippen molar-refractivity contribution in [2.75, 3.05) is 32.7 Å². The number of aliphatic carboxylic acids is 2. The van der Waals surface area contributed by atoms with Crippen LogP contribution in [0.4, 0.5) is 26.3 Å². The molecule has 0 unspecified atom stereocenters. The van der Waals surface area contributed by atoms with Crippen LogP contribution in [0.2, 0.25) is 0 Å². The van der Waals surface area contributed by atoms with Gasteiger partial charge in [0.1, 0.15) is 0 Å². The molecule has 4 rings (SSSR count). The van der Waals surface area contributed by atoms with E-state index in [4.69, 9.17) is 19.8 Å². The highest BCUT2D eigenvalue weighted by Crippen LogP contribution is 2.22. The lowest BCUT2D eigenvalue weighted by atomic mass is 9.90. The van der Waals surface area contributed by atoms with Crippen LogP contribution in [-0.2, 0) is 28.9 Å². The molecule has 0 aromatic heterocycles. The summed E-state index contributed by atoms with van der Waals surface area (Å²) in [5.41, 5.74) is 5.14. The molecule has 2 aromatic carbocycles. The van der Waals surface area contributed by atoms with Gasteiger partial charge in [-0.3, -0.25) is 4.79 Å². The van der Waals surface area contributed by atoms with Gasteiger partial charge in [-0.2, -0.15) is 26.3 Å². The Labute approximate surface area is 245 Å². The topological polar surface area (TPSA) is 107 Å². The van der Waals surface area contributed by atoms with E-state index in [-0.39, 0.29) is 0 Å². The van der Waals surface area contributed by atoms with E-state index in [2.05, 4.69) is 52.7 Å². The molecular formula is C30H36F6N2O5. The van der Waals surface area contributed by atoms with Gasteiger partial charge in [-0.05, 0) is 99.9 Å². The number of Topliss-reactive ketones (excluding diaryl/α,β-unsaturated/α-hetero) is 1. The number of benzene rings is 2. The van der Waals surface area contributed by atoms with Gasteiger partial charge in [0.05, 0.1) is 0 Å². The SMILES string of the molecule is O=C(CCCN1CCC(Cc2ccccc2)CC1)c1ccc2c(c1)CCNCC2.O=C(O)C(F)(F)F.O=C(O)C(F)(F)F. The number of likely N-dealkylation sites (tertiary alicyclic amines) is 1. The number of hydrogen-bond acceptors (Lipinski definition) is 5. The quantitative estimate of drug-likeness (QED) is 0.276. The second-order valence-electron chi connectivity index (χ2n) is 10.3. The van der Waals surface area contributed by atoms with Crippen LogP contribution in [0.1, 0.15) is 52.7 Å². The maximum atomic E-state index is 12.7. The highest BCUT2D eigenvalue weighted by atomic mass is 19.4. The Hall–Kier alpha value is -3.45. The van der Waals surface area contributed by atoms with E-state index in [1.54, 1.807) is 0 Å². The van der Waals surface area contributed by atoms with Gasteiger partial charge in [0.25, 0.3) is 0 Å². The van der Waals surface area contributed by atoms with E-state index in [9.17, 15) is 31.1 Å². The fraction of sp³-hybridized carbons (Fsp3) is 0.500. The van der Waals surface area contributed by atoms with E-state index in [0.717, 1.165) is 50.4 Å². The standard InChI is InChI=1S/C26H34N2O.2C2HF3O2/c29-26(25-9-8-23-10-14-27-15-11-24(23)20-25)7-4-16-28-17-12-22(13-18-28)19-21-5-2-1-3-6-21;2*3-2(4,5)1(6)7/h1-3,5-6,8-9,20,22,27H,4,7,10-19H2;2*(H,6,7). The first kappa shape index (κ1) is 35.7. The maximum absolute atomic E-state index is 12.7. The molecule has 13 heteroatoms. The van der Waals surface area contributed by atoms with Crippen molar-refractivity contribution in [3.05, 3.63) is 70.8 Å². The molecule has 0 bridgehead atoms. The zero-order chi connectivity index (χ0) is 32.0. The molecule has 0 atom stereocenters. The van der Waals surface area contributed by atoms with Crippen LogP contribution in [-0.4, -0.2) is 77.9 Å². The summed E-state index contributed by atoms with van der Waals surface area (Å²) in [5.74, 6) is -4.40. The number of ketones is 1. The number of carbonyl (C=O) groups is 3. The third-order valence-electron chi connectivity index (χ3n) is 7.11. The molecule has 2 heterocycles. The number of hydrogen-bond donors (Lipinski definition) is 3. The van der Waals surface area contributed by atoms with Crippen LogP contribution in [0.15, 0.2) is 48.5 Å². The summed E-state index contributed by atoms with van der Waals surface area (Å²) < 4.78 is 63.5. The minimum atomic E-state index is -5.08. The lowest BCUT2D eigenvalue weighted by Crippen LogP contribution is -2.35. The van der Waals surface area contributed by atoms with Crippen molar-refractivity contribution in [3.63, 3.8) is 0 Å². The first-order valence-corrected chi connectivity index (χ1v) is 13.9. The summed E-state index contributed by atoms with van der Waals surface area (Å²) in [4.78, 5) is 33.0. The Morgan fingerprint density at radius 1 is 0.814 bits per heavy atom. The Morgan fingerprint density at radius 3 is 1.88 bits per heavy atom. The molecule has 3 N–H and O–H groups in total. The molecule has 2 aliphatic heterocycles. The average Bonchev–Trinajstić information content (AvgIpc) is 3.19. The summed E-state index contributed by atoms with van der Waals surface area (Å²) >= 11 is 0. The molecule has 0 saturated carbocycles. The van der Waals surface area contributed by atoms with Gasteiger partial charge in [-0.1, -0.05) is 42.5 Å². The number of alkyl halides is 6. The highest BCUT2D eigenvalue weighted by Gasteiger charge is 2.38. The summed E-state index contributed by atoms with van der Waals surface area (Å²) in [7, 11) is 0. The van der Waals surface area contributed by atoms with Crippen molar-refractivity contribution >= 4 is 17.7 Å². The molecule has 1 saturated heterocycles. The van der Waals surface area contributed by atoms with Crippen molar-refractivity contribution in [1.29, 1.82) is 0 Å². The normalized spacial score (nSPS) is 16.0. The fourth-order valence-electron chi connectivity index (χ4n) is 4.82. The lowest BCUT2D eigenvalue weighted by molar-refractivity contribution is -0.193. The van der Waals surface area contributed by atoms with Gasteiger partial charge in [-0.25, -0.2) is 9.59 Å². The maximum Gasteiger partial charge on any atom is 0.490 e.